The molecule has 7 nitrogen and oxygen atoms in total. The first-order valence-corrected chi connectivity index (χ1v) is 7.45. The fourth-order valence-corrected chi connectivity index (χ4v) is 2.66. The molecule has 2 heterocycles. The van der Waals surface area contributed by atoms with Gasteiger partial charge in [-0.3, -0.25) is 4.79 Å². The van der Waals surface area contributed by atoms with Crippen molar-refractivity contribution in [3.05, 3.63) is 41.9 Å². The van der Waals surface area contributed by atoms with Gasteiger partial charge in [0.1, 0.15) is 12.1 Å². The first-order valence-electron chi connectivity index (χ1n) is 7.45. The van der Waals surface area contributed by atoms with Crippen LogP contribution in [0, 0.1) is 0 Å². The average Bonchev–Trinajstić information content (AvgIpc) is 2.58. The molecule has 0 spiro atoms. The van der Waals surface area contributed by atoms with Crippen molar-refractivity contribution in [2.45, 2.75) is 19.4 Å². The van der Waals surface area contributed by atoms with Gasteiger partial charge in [-0.15, -0.1) is 0 Å². The van der Waals surface area contributed by atoms with Crippen LogP contribution in [-0.2, 0) is 17.8 Å². The maximum Gasteiger partial charge on any atom is 0.227 e. The van der Waals surface area contributed by atoms with Crippen LogP contribution in [0.25, 0.3) is 0 Å². The average molecular weight is 314 g/mol. The number of nitrogens with zero attached hydrogens (tertiary/aromatic N) is 3. The van der Waals surface area contributed by atoms with E-state index in [2.05, 4.69) is 9.97 Å². The maximum atomic E-state index is 12.0. The lowest BCUT2D eigenvalue weighted by Gasteiger charge is -2.29. The summed E-state index contributed by atoms with van der Waals surface area (Å²) in [6.45, 7) is 0.507. The molecule has 3 rings (SSSR count). The molecule has 1 aliphatic heterocycles. The van der Waals surface area contributed by atoms with Crippen LogP contribution in [0.2, 0.25) is 0 Å². The molecule has 0 radical (unpaired) electrons. The lowest BCUT2D eigenvalue weighted by Crippen LogP contribution is -2.37. The molecule has 1 aliphatic rings. The Hall–Kier alpha value is -2.51. The summed E-state index contributed by atoms with van der Waals surface area (Å²) < 4.78 is 5.87. The molecule has 1 aromatic heterocycles. The zero-order valence-electron chi connectivity index (χ0n) is 12.6. The topological polar surface area (TPSA) is 102 Å². The Morgan fingerprint density at radius 2 is 2.17 bits per heavy atom. The maximum absolute atomic E-state index is 12.0. The van der Waals surface area contributed by atoms with Gasteiger partial charge in [0.25, 0.3) is 0 Å². The first-order chi connectivity index (χ1) is 11.2. The number of ether oxygens (including phenoxy) is 1. The Balaban J connectivity index is 1.93. The van der Waals surface area contributed by atoms with E-state index in [1.165, 1.54) is 6.33 Å². The van der Waals surface area contributed by atoms with Crippen LogP contribution in [-0.4, -0.2) is 34.1 Å². The molecular formula is C16H18N4O3. The number of aliphatic hydroxyl groups excluding tert-OH is 1. The third-order valence-corrected chi connectivity index (χ3v) is 3.73. The number of nitrogens with two attached hydrogens (primary N) is 1. The monoisotopic (exact) mass is 314 g/mol. The van der Waals surface area contributed by atoms with Gasteiger partial charge in [0.2, 0.25) is 11.8 Å². The normalized spacial score (nSPS) is 13.8. The van der Waals surface area contributed by atoms with Gasteiger partial charge < -0.3 is 20.5 Å². The second-order valence-electron chi connectivity index (χ2n) is 5.18. The van der Waals surface area contributed by atoms with Crippen LogP contribution < -0.4 is 15.4 Å². The molecule has 0 saturated heterocycles. The van der Waals surface area contributed by atoms with Crippen LogP contribution in [0.4, 0.5) is 5.69 Å². The minimum Gasteiger partial charge on any atom is -0.439 e. The largest absolute Gasteiger partial charge is 0.439 e. The van der Waals surface area contributed by atoms with E-state index in [4.69, 9.17) is 10.5 Å². The Kier molecular flexibility index (Phi) is 4.50. The fraction of sp³-hybridized carbons (Fsp3) is 0.312. The summed E-state index contributed by atoms with van der Waals surface area (Å²) >= 11 is 0. The molecule has 1 aromatic carbocycles. The van der Waals surface area contributed by atoms with Gasteiger partial charge in [0.15, 0.2) is 0 Å². The second-order valence-corrected chi connectivity index (χ2v) is 5.18. The zero-order chi connectivity index (χ0) is 16.2. The van der Waals surface area contributed by atoms with Crippen LogP contribution in [0.3, 0.4) is 0 Å². The zero-order valence-corrected chi connectivity index (χ0v) is 12.6. The molecule has 3 N–H and O–H groups in total. The van der Waals surface area contributed by atoms with Gasteiger partial charge in [-0.2, -0.15) is 0 Å². The lowest BCUT2D eigenvalue weighted by atomic mass is 10.00. The predicted octanol–water partition coefficient (Wildman–Crippen LogP) is 0.999. The second kappa shape index (κ2) is 6.72. The van der Waals surface area contributed by atoms with E-state index >= 15 is 0 Å². The summed E-state index contributed by atoms with van der Waals surface area (Å²) in [4.78, 5) is 21.8. The van der Waals surface area contributed by atoms with E-state index in [9.17, 15) is 9.90 Å². The van der Waals surface area contributed by atoms with E-state index < -0.39 is 0 Å². The number of fused-ring (bicyclic) bond motifs is 1. The van der Waals surface area contributed by atoms with E-state index in [1.54, 1.807) is 11.0 Å². The molecule has 120 valence electrons. The molecule has 7 heteroatoms. The van der Waals surface area contributed by atoms with Gasteiger partial charge in [0.05, 0.1) is 18.0 Å². The first kappa shape index (κ1) is 15.4. The van der Waals surface area contributed by atoms with Crippen LogP contribution in [0.1, 0.15) is 17.7 Å². The van der Waals surface area contributed by atoms with Crippen molar-refractivity contribution in [1.29, 1.82) is 0 Å². The standard InChI is InChI=1S/C16H18N4O3/c17-9-11-8-15(19-10-18-11)23-14-3-1-2-13-12(14)4-5-16(22)20(13)6-7-21/h1-3,8,10,21H,4-7,9,17H2. The van der Waals surface area contributed by atoms with E-state index in [1.807, 2.05) is 18.2 Å². The quantitative estimate of drug-likeness (QED) is 0.853. The van der Waals surface area contributed by atoms with Crippen molar-refractivity contribution >= 4 is 11.6 Å². The number of β-amino-alcohol motifs (C(OH)–C–C–N with tert-alkyl or cyclic N) is 1. The summed E-state index contributed by atoms with van der Waals surface area (Å²) in [7, 11) is 0. The molecule has 0 aliphatic carbocycles. The van der Waals surface area contributed by atoms with Crippen molar-refractivity contribution in [1.82, 2.24) is 9.97 Å². The molecule has 0 saturated carbocycles. The number of hydrogen-bond acceptors (Lipinski definition) is 6. The fourth-order valence-electron chi connectivity index (χ4n) is 2.66. The Bertz CT molecular complexity index is 720. The number of aliphatic hydroxyl groups is 1. The Labute approximate surface area is 133 Å². The number of aromatic nitrogens is 2. The molecule has 0 fully saturated rings. The van der Waals surface area contributed by atoms with E-state index in [-0.39, 0.29) is 19.1 Å². The number of anilines is 1. The van der Waals surface area contributed by atoms with E-state index in [0.717, 1.165) is 11.3 Å². The van der Waals surface area contributed by atoms with E-state index in [0.29, 0.717) is 36.7 Å². The summed E-state index contributed by atoms with van der Waals surface area (Å²) in [5.41, 5.74) is 7.98. The number of benzene rings is 1. The van der Waals surface area contributed by atoms with Crippen LogP contribution in [0.15, 0.2) is 30.6 Å². The molecule has 0 bridgehead atoms. The summed E-state index contributed by atoms with van der Waals surface area (Å²) in [5, 5.41) is 9.17. The third kappa shape index (κ3) is 3.15. The number of amides is 1. The third-order valence-electron chi connectivity index (χ3n) is 3.73. The lowest BCUT2D eigenvalue weighted by molar-refractivity contribution is -0.119. The summed E-state index contributed by atoms with van der Waals surface area (Å²) in [5.74, 6) is 1.08. The highest BCUT2D eigenvalue weighted by atomic mass is 16.5. The molecule has 23 heavy (non-hydrogen) atoms. The van der Waals surface area contributed by atoms with Gasteiger partial charge in [-0.05, 0) is 18.6 Å². The Morgan fingerprint density at radius 1 is 1.30 bits per heavy atom. The molecule has 0 unspecified atom stereocenters. The minimum absolute atomic E-state index is 0.0103. The smallest absolute Gasteiger partial charge is 0.227 e. The highest BCUT2D eigenvalue weighted by Gasteiger charge is 2.26. The van der Waals surface area contributed by atoms with Gasteiger partial charge in [-0.1, -0.05) is 6.07 Å². The van der Waals surface area contributed by atoms with Crippen molar-refractivity contribution in [2.75, 3.05) is 18.1 Å². The predicted molar refractivity (Wildman–Crippen MR) is 84.2 cm³/mol. The van der Waals surface area contributed by atoms with Crippen molar-refractivity contribution in [3.63, 3.8) is 0 Å². The number of carbonyl (C=O) groups excluding carboxylic acids is 1. The van der Waals surface area contributed by atoms with Crippen molar-refractivity contribution in [2.24, 2.45) is 5.73 Å². The number of hydrogen-bond donors (Lipinski definition) is 2. The molecule has 1 amide bonds. The van der Waals surface area contributed by atoms with Gasteiger partial charge in [0, 0.05) is 31.1 Å². The van der Waals surface area contributed by atoms with Gasteiger partial charge >= 0.3 is 0 Å². The molecular weight excluding hydrogens is 296 g/mol. The molecule has 2 aromatic rings. The number of carbonyl (C=O) groups is 1. The molecule has 0 atom stereocenters. The summed E-state index contributed by atoms with van der Waals surface area (Å²) in [6, 6.07) is 7.22. The highest BCUT2D eigenvalue weighted by molar-refractivity contribution is 5.97. The number of rotatable bonds is 5. The highest BCUT2D eigenvalue weighted by Crippen LogP contribution is 2.36. The van der Waals surface area contributed by atoms with Gasteiger partial charge in [-0.25, -0.2) is 9.97 Å². The van der Waals surface area contributed by atoms with Crippen LogP contribution in [0.5, 0.6) is 11.6 Å². The minimum atomic E-state index is -0.0813. The SMILES string of the molecule is NCc1cc(Oc2cccc3c2CCC(=O)N3CCO)ncn1. The summed E-state index contributed by atoms with van der Waals surface area (Å²) in [6.07, 6.45) is 2.40. The van der Waals surface area contributed by atoms with Crippen molar-refractivity contribution < 1.29 is 14.6 Å². The van der Waals surface area contributed by atoms with Crippen molar-refractivity contribution in [3.8, 4) is 11.6 Å². The van der Waals surface area contributed by atoms with Crippen LogP contribution >= 0.6 is 0 Å². The Morgan fingerprint density at radius 3 is 2.96 bits per heavy atom.